The fourth-order valence-corrected chi connectivity index (χ4v) is 1.92. The topological polar surface area (TPSA) is 55.6 Å². The molecule has 1 N–H and O–H groups in total. The second-order valence-electron chi connectivity index (χ2n) is 3.75. The minimum Gasteiger partial charge on any atom is -0.341 e. The van der Waals surface area contributed by atoms with Gasteiger partial charge in [0.15, 0.2) is 5.65 Å². The van der Waals surface area contributed by atoms with Crippen molar-refractivity contribution < 1.29 is 0 Å². The van der Waals surface area contributed by atoms with Crippen molar-refractivity contribution in [1.29, 1.82) is 0 Å². The summed E-state index contributed by atoms with van der Waals surface area (Å²) in [6.45, 7) is 2.77. The molecule has 2 rings (SSSR count). The Kier molecular flexibility index (Phi) is 2.91. The Hall–Kier alpha value is -1.43. The molecular weight excluding hydrogens is 224 g/mol. The number of H-pyrrole nitrogens is 1. The van der Waals surface area contributed by atoms with Crippen LogP contribution in [0.4, 0.5) is 0 Å². The summed E-state index contributed by atoms with van der Waals surface area (Å²) >= 11 is 5.19. The highest BCUT2D eigenvalue weighted by Crippen LogP contribution is 2.08. The molecule has 0 aliphatic rings. The van der Waals surface area contributed by atoms with Gasteiger partial charge in [-0.05, 0) is 6.42 Å². The molecule has 0 aliphatic heterocycles. The van der Waals surface area contributed by atoms with Gasteiger partial charge in [0.05, 0.1) is 6.33 Å². The molecule has 0 amide bonds. The second-order valence-corrected chi connectivity index (χ2v) is 4.14. The van der Waals surface area contributed by atoms with Crippen LogP contribution in [0.25, 0.3) is 11.2 Å². The average molecular weight is 238 g/mol. The molecule has 0 radical (unpaired) electrons. The molecule has 16 heavy (non-hydrogen) atoms. The summed E-state index contributed by atoms with van der Waals surface area (Å²) in [5.41, 5.74) is 1.31. The zero-order chi connectivity index (χ0) is 11.7. The largest absolute Gasteiger partial charge is 0.341 e. The highest BCUT2D eigenvalue weighted by atomic mass is 32.1. The Balaban J connectivity index is 2.76. The first-order valence-corrected chi connectivity index (χ1v) is 5.70. The van der Waals surface area contributed by atoms with Crippen LogP contribution in [0.5, 0.6) is 0 Å². The van der Waals surface area contributed by atoms with E-state index in [1.165, 1.54) is 4.57 Å². The van der Waals surface area contributed by atoms with Crippen molar-refractivity contribution in [3.05, 3.63) is 21.5 Å². The van der Waals surface area contributed by atoms with E-state index in [1.54, 1.807) is 17.9 Å². The van der Waals surface area contributed by atoms with Crippen molar-refractivity contribution in [3.63, 3.8) is 0 Å². The molecule has 2 aromatic heterocycles. The van der Waals surface area contributed by atoms with Gasteiger partial charge in [0.2, 0.25) is 0 Å². The summed E-state index contributed by atoms with van der Waals surface area (Å²) in [6, 6.07) is 0. The lowest BCUT2D eigenvalue weighted by molar-refractivity contribution is 0.588. The molecular formula is C10H14N4OS. The summed E-state index contributed by atoms with van der Waals surface area (Å²) in [7, 11) is 1.69. The molecule has 86 valence electrons. The summed E-state index contributed by atoms with van der Waals surface area (Å²) in [5, 5.41) is 0. The normalized spacial score (nSPS) is 11.1. The van der Waals surface area contributed by atoms with E-state index >= 15 is 0 Å². The zero-order valence-corrected chi connectivity index (χ0v) is 10.2. The number of hydrogen-bond acceptors (Lipinski definition) is 3. The van der Waals surface area contributed by atoms with Crippen LogP contribution in [0.15, 0.2) is 11.1 Å². The maximum Gasteiger partial charge on any atom is 0.330 e. The van der Waals surface area contributed by atoms with Crippen molar-refractivity contribution in [2.45, 2.75) is 26.3 Å². The molecule has 2 aromatic rings. The smallest absolute Gasteiger partial charge is 0.330 e. The van der Waals surface area contributed by atoms with Crippen LogP contribution in [0.2, 0.25) is 0 Å². The van der Waals surface area contributed by atoms with Gasteiger partial charge in [-0.1, -0.05) is 25.6 Å². The van der Waals surface area contributed by atoms with Crippen molar-refractivity contribution >= 4 is 23.4 Å². The Labute approximate surface area is 97.7 Å². The monoisotopic (exact) mass is 238 g/mol. The SMILES string of the molecule is CCCCn1c(=O)n(C)c(=S)c2[nH]cnc21. The van der Waals surface area contributed by atoms with Gasteiger partial charge in [0, 0.05) is 13.6 Å². The Morgan fingerprint density at radius 1 is 1.56 bits per heavy atom. The third-order valence-corrected chi connectivity index (χ3v) is 3.12. The van der Waals surface area contributed by atoms with Gasteiger partial charge >= 0.3 is 5.69 Å². The third-order valence-electron chi connectivity index (χ3n) is 2.65. The van der Waals surface area contributed by atoms with Gasteiger partial charge in [-0.25, -0.2) is 9.78 Å². The summed E-state index contributed by atoms with van der Waals surface area (Å²) < 4.78 is 3.65. The van der Waals surface area contributed by atoms with E-state index in [0.717, 1.165) is 18.4 Å². The van der Waals surface area contributed by atoms with E-state index in [4.69, 9.17) is 12.2 Å². The van der Waals surface area contributed by atoms with Gasteiger partial charge in [-0.2, -0.15) is 0 Å². The number of rotatable bonds is 3. The summed E-state index contributed by atoms with van der Waals surface area (Å²) in [5.74, 6) is 0. The molecule has 0 atom stereocenters. The molecule has 0 saturated carbocycles. The van der Waals surface area contributed by atoms with Crippen molar-refractivity contribution in [3.8, 4) is 0 Å². The van der Waals surface area contributed by atoms with Gasteiger partial charge in [0.1, 0.15) is 10.2 Å². The van der Waals surface area contributed by atoms with Crippen molar-refractivity contribution in [2.24, 2.45) is 7.05 Å². The van der Waals surface area contributed by atoms with Crippen LogP contribution >= 0.6 is 12.2 Å². The van der Waals surface area contributed by atoms with Gasteiger partial charge in [0.25, 0.3) is 0 Å². The van der Waals surface area contributed by atoms with Crippen molar-refractivity contribution in [1.82, 2.24) is 19.1 Å². The standard InChI is InChI=1S/C10H14N4OS/c1-3-4-5-14-8-7(11-6-12-8)9(16)13(2)10(14)15/h6H,3-5H2,1-2H3,(H,11,12). The maximum atomic E-state index is 12.0. The van der Waals surface area contributed by atoms with E-state index in [1.807, 2.05) is 0 Å². The molecule has 0 fully saturated rings. The minimum atomic E-state index is -0.0990. The van der Waals surface area contributed by atoms with E-state index in [9.17, 15) is 4.79 Å². The first kappa shape index (κ1) is 11.1. The van der Waals surface area contributed by atoms with E-state index in [0.29, 0.717) is 16.8 Å². The molecule has 0 spiro atoms. The van der Waals surface area contributed by atoms with Crippen LogP contribution < -0.4 is 5.69 Å². The number of unbranched alkanes of at least 4 members (excludes halogenated alkanes) is 1. The number of imidazole rings is 1. The van der Waals surface area contributed by atoms with E-state index < -0.39 is 0 Å². The third kappa shape index (κ3) is 1.59. The van der Waals surface area contributed by atoms with Gasteiger partial charge in [-0.15, -0.1) is 0 Å². The summed E-state index contributed by atoms with van der Waals surface area (Å²) in [6.07, 6.45) is 3.57. The number of hydrogen-bond donors (Lipinski definition) is 1. The average Bonchev–Trinajstić information content (AvgIpc) is 2.75. The number of aromatic amines is 1. The summed E-state index contributed by atoms with van der Waals surface area (Å²) in [4.78, 5) is 19.2. The number of nitrogens with zero attached hydrogens (tertiary/aromatic N) is 3. The second kappa shape index (κ2) is 4.21. The van der Waals surface area contributed by atoms with Gasteiger partial charge in [-0.3, -0.25) is 9.13 Å². The predicted molar refractivity (Wildman–Crippen MR) is 65.1 cm³/mol. The fourth-order valence-electron chi connectivity index (χ4n) is 1.69. The molecule has 0 aliphatic carbocycles. The lowest BCUT2D eigenvalue weighted by Crippen LogP contribution is -2.30. The fraction of sp³-hybridized carbons (Fsp3) is 0.500. The van der Waals surface area contributed by atoms with Crippen molar-refractivity contribution in [2.75, 3.05) is 0 Å². The molecule has 0 unspecified atom stereocenters. The number of aryl methyl sites for hydroxylation is 1. The van der Waals surface area contributed by atoms with Crippen LogP contribution in [-0.2, 0) is 13.6 Å². The molecule has 2 heterocycles. The zero-order valence-electron chi connectivity index (χ0n) is 9.36. The molecule has 0 bridgehead atoms. The lowest BCUT2D eigenvalue weighted by Gasteiger charge is -2.08. The lowest BCUT2D eigenvalue weighted by atomic mass is 10.3. The van der Waals surface area contributed by atoms with Crippen LogP contribution in [0.1, 0.15) is 19.8 Å². The van der Waals surface area contributed by atoms with Crippen LogP contribution in [0, 0.1) is 4.64 Å². The molecule has 0 saturated heterocycles. The predicted octanol–water partition coefficient (Wildman–Crippen LogP) is 1.59. The van der Waals surface area contributed by atoms with E-state index in [2.05, 4.69) is 16.9 Å². The molecule has 5 nitrogen and oxygen atoms in total. The first-order chi connectivity index (χ1) is 7.66. The molecule has 6 heteroatoms. The highest BCUT2D eigenvalue weighted by Gasteiger charge is 2.09. The first-order valence-electron chi connectivity index (χ1n) is 5.29. The number of fused-ring (bicyclic) bond motifs is 1. The maximum absolute atomic E-state index is 12.0. The van der Waals surface area contributed by atoms with E-state index in [-0.39, 0.29) is 5.69 Å². The number of nitrogens with one attached hydrogen (secondary N) is 1. The van der Waals surface area contributed by atoms with Gasteiger partial charge < -0.3 is 4.98 Å². The highest BCUT2D eigenvalue weighted by molar-refractivity contribution is 7.71. The Bertz CT molecular complexity index is 622. The minimum absolute atomic E-state index is 0.0990. The van der Waals surface area contributed by atoms with Crippen LogP contribution in [-0.4, -0.2) is 19.1 Å². The quantitative estimate of drug-likeness (QED) is 0.826. The Morgan fingerprint density at radius 3 is 3.00 bits per heavy atom. The Morgan fingerprint density at radius 2 is 2.31 bits per heavy atom. The van der Waals surface area contributed by atoms with Crippen LogP contribution in [0.3, 0.4) is 0 Å². The number of aromatic nitrogens is 4. The molecule has 0 aromatic carbocycles.